The maximum atomic E-state index is 4.58. The van der Waals surface area contributed by atoms with Gasteiger partial charge in [-0.2, -0.15) is 0 Å². The van der Waals surface area contributed by atoms with Crippen LogP contribution in [-0.2, 0) is 0 Å². The van der Waals surface area contributed by atoms with E-state index in [1.54, 1.807) is 0 Å². The molecule has 1 aliphatic heterocycles. The van der Waals surface area contributed by atoms with Crippen molar-refractivity contribution in [2.75, 3.05) is 0 Å². The van der Waals surface area contributed by atoms with Crippen LogP contribution < -0.4 is 10.6 Å². The number of allylic oxidation sites excluding steroid dienone is 2. The fourth-order valence-electron chi connectivity index (χ4n) is 2.05. The summed E-state index contributed by atoms with van der Waals surface area (Å²) < 4.78 is 0. The molecule has 0 fully saturated rings. The Bertz CT molecular complexity index is 494. The summed E-state index contributed by atoms with van der Waals surface area (Å²) in [5, 5.41) is 2.43. The van der Waals surface area contributed by atoms with Crippen LogP contribution in [0.25, 0.3) is 5.57 Å². The predicted octanol–water partition coefficient (Wildman–Crippen LogP) is 1.34. The molecule has 1 heteroatoms. The van der Waals surface area contributed by atoms with Crippen LogP contribution in [0.3, 0.4) is 0 Å². The minimum Gasteiger partial charge on any atom is -0.248 e. The van der Waals surface area contributed by atoms with Crippen LogP contribution in [0, 0.1) is 6.07 Å². The van der Waals surface area contributed by atoms with Gasteiger partial charge in [0.2, 0.25) is 0 Å². The smallest absolute Gasteiger partial charge is 0.0713 e. The van der Waals surface area contributed by atoms with E-state index >= 15 is 0 Å². The predicted molar refractivity (Wildman–Crippen MR) is 51.4 cm³/mol. The number of rotatable bonds is 0. The van der Waals surface area contributed by atoms with Crippen molar-refractivity contribution in [3.8, 4) is 0 Å². The zero-order valence-electron chi connectivity index (χ0n) is 7.38. The van der Waals surface area contributed by atoms with Gasteiger partial charge in [-0.25, -0.2) is 4.99 Å². The monoisotopic (exact) mass is 168 g/mol. The first-order valence-corrected chi connectivity index (χ1v) is 4.74. The van der Waals surface area contributed by atoms with Crippen molar-refractivity contribution < 1.29 is 0 Å². The quantitative estimate of drug-likeness (QED) is 0.554. The minimum absolute atomic E-state index is 1.13. The standard InChI is InChI=1S/C12H10N/c1-3-7-11-9(5-1)10-6-2-4-8-12(10)13-11/h4,6-8H,1,3,5H2. The molecule has 1 aromatic rings. The second kappa shape index (κ2) is 2.56. The average Bonchev–Trinajstić information content (AvgIpc) is 2.56. The van der Waals surface area contributed by atoms with E-state index in [1.807, 2.05) is 12.1 Å². The van der Waals surface area contributed by atoms with E-state index in [2.05, 4.69) is 23.2 Å². The SMILES string of the molecule is [c]1ccc2c(c1)=C1CCCC=C1N=2. The summed E-state index contributed by atoms with van der Waals surface area (Å²) in [6.45, 7) is 0. The number of benzene rings is 1. The van der Waals surface area contributed by atoms with Crippen molar-refractivity contribution in [2.45, 2.75) is 19.3 Å². The molecule has 0 atom stereocenters. The van der Waals surface area contributed by atoms with Gasteiger partial charge in [0.1, 0.15) is 0 Å². The van der Waals surface area contributed by atoms with E-state index < -0.39 is 0 Å². The van der Waals surface area contributed by atoms with Crippen LogP contribution in [0.2, 0.25) is 0 Å². The van der Waals surface area contributed by atoms with E-state index in [0.717, 1.165) is 5.36 Å². The fourth-order valence-corrected chi connectivity index (χ4v) is 2.05. The highest BCUT2D eigenvalue weighted by Gasteiger charge is 2.14. The Morgan fingerprint density at radius 3 is 3.38 bits per heavy atom. The van der Waals surface area contributed by atoms with Gasteiger partial charge < -0.3 is 0 Å². The summed E-state index contributed by atoms with van der Waals surface area (Å²) in [5.41, 5.74) is 2.64. The lowest BCUT2D eigenvalue weighted by Crippen LogP contribution is -2.22. The van der Waals surface area contributed by atoms with Gasteiger partial charge in [0.15, 0.2) is 0 Å². The van der Waals surface area contributed by atoms with Gasteiger partial charge in [-0.1, -0.05) is 12.1 Å². The summed E-state index contributed by atoms with van der Waals surface area (Å²) in [6.07, 6.45) is 5.88. The molecule has 3 rings (SSSR count). The molecule has 1 radical (unpaired) electrons. The Morgan fingerprint density at radius 1 is 1.38 bits per heavy atom. The van der Waals surface area contributed by atoms with Gasteiger partial charge >= 0.3 is 0 Å². The Hall–Kier alpha value is -1.37. The van der Waals surface area contributed by atoms with Gasteiger partial charge in [0.05, 0.1) is 11.1 Å². The van der Waals surface area contributed by atoms with E-state index in [9.17, 15) is 0 Å². The maximum absolute atomic E-state index is 4.58. The van der Waals surface area contributed by atoms with E-state index in [1.165, 1.54) is 35.8 Å². The summed E-state index contributed by atoms with van der Waals surface area (Å²) in [4.78, 5) is 4.58. The number of hydrogen-bond acceptors (Lipinski definition) is 1. The second-order valence-corrected chi connectivity index (χ2v) is 3.52. The van der Waals surface area contributed by atoms with Gasteiger partial charge in [-0.05, 0) is 43.0 Å². The van der Waals surface area contributed by atoms with Gasteiger partial charge in [0.25, 0.3) is 0 Å². The minimum atomic E-state index is 1.13. The Balaban J connectivity index is 2.43. The van der Waals surface area contributed by atoms with Crippen LogP contribution in [0.4, 0.5) is 0 Å². The highest BCUT2D eigenvalue weighted by molar-refractivity contribution is 5.66. The topological polar surface area (TPSA) is 12.4 Å². The first-order chi connectivity index (χ1) is 6.45. The molecule has 13 heavy (non-hydrogen) atoms. The Labute approximate surface area is 77.1 Å². The van der Waals surface area contributed by atoms with Gasteiger partial charge in [-0.15, -0.1) is 0 Å². The van der Waals surface area contributed by atoms with E-state index in [-0.39, 0.29) is 0 Å². The van der Waals surface area contributed by atoms with Crippen LogP contribution in [0.1, 0.15) is 19.3 Å². The lowest BCUT2D eigenvalue weighted by atomic mass is 9.98. The van der Waals surface area contributed by atoms with Crippen LogP contribution in [0.5, 0.6) is 0 Å². The van der Waals surface area contributed by atoms with E-state index in [4.69, 9.17) is 0 Å². The molecule has 0 amide bonds. The molecule has 2 aliphatic rings. The third kappa shape index (κ3) is 0.966. The molecular weight excluding hydrogens is 158 g/mol. The first-order valence-electron chi connectivity index (χ1n) is 4.74. The average molecular weight is 168 g/mol. The summed E-state index contributed by atoms with van der Waals surface area (Å²) >= 11 is 0. The van der Waals surface area contributed by atoms with Gasteiger partial charge in [0, 0.05) is 5.22 Å². The molecule has 0 saturated heterocycles. The highest BCUT2D eigenvalue weighted by atomic mass is 14.8. The summed E-state index contributed by atoms with van der Waals surface area (Å²) in [7, 11) is 0. The fraction of sp³-hybridized carbons (Fsp3) is 0.250. The number of hydrogen-bond donors (Lipinski definition) is 0. The van der Waals surface area contributed by atoms with Crippen LogP contribution in [-0.4, -0.2) is 0 Å². The highest BCUT2D eigenvalue weighted by Crippen LogP contribution is 2.25. The summed E-state index contributed by atoms with van der Waals surface area (Å²) in [6, 6.07) is 9.15. The summed E-state index contributed by atoms with van der Waals surface area (Å²) in [5.74, 6) is 0. The third-order valence-electron chi connectivity index (χ3n) is 2.68. The van der Waals surface area contributed by atoms with Crippen LogP contribution in [0.15, 0.2) is 35.0 Å². The normalized spacial score (nSPS) is 18.8. The molecule has 1 nitrogen and oxygen atoms in total. The molecule has 1 heterocycles. The molecule has 0 aromatic heterocycles. The van der Waals surface area contributed by atoms with Crippen molar-refractivity contribution in [3.63, 3.8) is 0 Å². The molecule has 1 aromatic carbocycles. The first kappa shape index (κ1) is 7.07. The van der Waals surface area contributed by atoms with Crippen LogP contribution >= 0.6 is 0 Å². The third-order valence-corrected chi connectivity index (χ3v) is 2.68. The van der Waals surface area contributed by atoms with Gasteiger partial charge in [-0.3, -0.25) is 0 Å². The van der Waals surface area contributed by atoms with Crippen molar-refractivity contribution in [1.29, 1.82) is 0 Å². The molecule has 1 aliphatic carbocycles. The lowest BCUT2D eigenvalue weighted by Gasteiger charge is -2.08. The lowest BCUT2D eigenvalue weighted by molar-refractivity contribution is 0.845. The number of fused-ring (bicyclic) bond motifs is 2. The molecule has 63 valence electrons. The molecule has 0 N–H and O–H groups in total. The molecule has 0 spiro atoms. The maximum Gasteiger partial charge on any atom is 0.0713 e. The second-order valence-electron chi connectivity index (χ2n) is 3.52. The molecular formula is C12H10N. The number of nitrogens with zero attached hydrogens (tertiary/aromatic N) is 1. The Kier molecular flexibility index (Phi) is 1.39. The van der Waals surface area contributed by atoms with Crippen molar-refractivity contribution in [3.05, 3.63) is 46.6 Å². The zero-order chi connectivity index (χ0) is 8.67. The van der Waals surface area contributed by atoms with E-state index in [0.29, 0.717) is 0 Å². The zero-order valence-corrected chi connectivity index (χ0v) is 7.38. The molecule has 0 saturated carbocycles. The van der Waals surface area contributed by atoms with Crippen molar-refractivity contribution >= 4 is 5.57 Å². The Morgan fingerprint density at radius 2 is 2.38 bits per heavy atom. The largest absolute Gasteiger partial charge is 0.248 e. The van der Waals surface area contributed by atoms with Crippen molar-refractivity contribution in [1.82, 2.24) is 0 Å². The molecule has 0 bridgehead atoms. The molecule has 0 unspecified atom stereocenters. The van der Waals surface area contributed by atoms with Crippen molar-refractivity contribution in [2.24, 2.45) is 4.99 Å².